The molecule has 25 heavy (non-hydrogen) atoms. The number of aromatic nitrogens is 2. The first-order valence-corrected chi connectivity index (χ1v) is 9.49. The van der Waals surface area contributed by atoms with E-state index in [-0.39, 0.29) is 5.02 Å². The second kappa shape index (κ2) is 8.57. The number of unbranched alkanes of at least 4 members (excludes halogenated alkanes) is 1. The topological polar surface area (TPSA) is 25.8 Å². The smallest absolute Gasteiger partial charge is 0.159 e. The van der Waals surface area contributed by atoms with Crippen LogP contribution in [0.25, 0.3) is 11.4 Å². The Morgan fingerprint density at radius 3 is 2.52 bits per heavy atom. The van der Waals surface area contributed by atoms with E-state index in [0.717, 1.165) is 11.5 Å². The fraction of sp³-hybridized carbons (Fsp3) is 0.429. The van der Waals surface area contributed by atoms with Gasteiger partial charge in [0.25, 0.3) is 0 Å². The molecule has 0 N–H and O–H groups in total. The quantitative estimate of drug-likeness (QED) is 0.565. The summed E-state index contributed by atoms with van der Waals surface area (Å²) in [6.45, 7) is 2.21. The van der Waals surface area contributed by atoms with Crippen molar-refractivity contribution in [1.29, 1.82) is 0 Å². The first-order chi connectivity index (χ1) is 12.2. The van der Waals surface area contributed by atoms with E-state index in [1.54, 1.807) is 12.1 Å². The highest BCUT2D eigenvalue weighted by atomic mass is 35.5. The number of hydrogen-bond donors (Lipinski definition) is 0. The average Bonchev–Trinajstić information content (AvgIpc) is 2.65. The van der Waals surface area contributed by atoms with E-state index in [4.69, 9.17) is 11.6 Å². The molecule has 0 aliphatic heterocycles. The normalized spacial score (nSPS) is 20.9. The summed E-state index contributed by atoms with van der Waals surface area (Å²) in [7, 11) is 0. The number of rotatable bonds is 5. The van der Waals surface area contributed by atoms with Crippen LogP contribution in [0.4, 0.5) is 4.39 Å². The Morgan fingerprint density at radius 1 is 1.16 bits per heavy atom. The molecule has 0 bridgehead atoms. The van der Waals surface area contributed by atoms with Gasteiger partial charge in [-0.05, 0) is 67.7 Å². The summed E-state index contributed by atoms with van der Waals surface area (Å²) < 4.78 is 13.3. The van der Waals surface area contributed by atoms with Crippen LogP contribution in [-0.4, -0.2) is 9.97 Å². The first kappa shape index (κ1) is 18.1. The fourth-order valence-electron chi connectivity index (χ4n) is 3.43. The molecule has 1 aromatic carbocycles. The third-order valence-electron chi connectivity index (χ3n) is 4.96. The van der Waals surface area contributed by atoms with Crippen LogP contribution in [0.15, 0.2) is 42.7 Å². The van der Waals surface area contributed by atoms with Gasteiger partial charge in [0.1, 0.15) is 5.82 Å². The largest absolute Gasteiger partial charge is 0.236 e. The molecular weight excluding hydrogens is 335 g/mol. The lowest BCUT2D eigenvalue weighted by molar-refractivity contribution is 0.374. The predicted molar refractivity (Wildman–Crippen MR) is 101 cm³/mol. The number of halogens is 2. The summed E-state index contributed by atoms with van der Waals surface area (Å²) in [6, 6.07) is 4.58. The van der Waals surface area contributed by atoms with E-state index < -0.39 is 5.82 Å². The van der Waals surface area contributed by atoms with Crippen molar-refractivity contribution in [2.75, 3.05) is 0 Å². The zero-order valence-electron chi connectivity index (χ0n) is 14.6. The Hall–Kier alpha value is -1.74. The van der Waals surface area contributed by atoms with Crippen LogP contribution in [0.5, 0.6) is 0 Å². The molecule has 4 heteroatoms. The SMILES string of the molecule is CCCC=C[C@H]1CC[C@H](c2cnc(-c3ccc(F)c(Cl)c3)nc2)CC1. The fourth-order valence-corrected chi connectivity index (χ4v) is 3.61. The predicted octanol–water partition coefficient (Wildman–Crippen LogP) is 6.57. The molecule has 0 saturated heterocycles. The zero-order valence-corrected chi connectivity index (χ0v) is 15.3. The highest BCUT2D eigenvalue weighted by Gasteiger charge is 2.21. The maximum Gasteiger partial charge on any atom is 0.159 e. The van der Waals surface area contributed by atoms with Crippen molar-refractivity contribution in [1.82, 2.24) is 9.97 Å². The van der Waals surface area contributed by atoms with Gasteiger partial charge in [-0.25, -0.2) is 14.4 Å². The monoisotopic (exact) mass is 358 g/mol. The van der Waals surface area contributed by atoms with Crippen molar-refractivity contribution in [3.63, 3.8) is 0 Å². The maximum absolute atomic E-state index is 13.3. The van der Waals surface area contributed by atoms with Gasteiger partial charge in [-0.1, -0.05) is 37.1 Å². The van der Waals surface area contributed by atoms with Gasteiger partial charge in [-0.3, -0.25) is 0 Å². The second-order valence-corrected chi connectivity index (χ2v) is 7.20. The molecule has 0 unspecified atom stereocenters. The van der Waals surface area contributed by atoms with Crippen molar-refractivity contribution >= 4 is 11.6 Å². The molecule has 132 valence electrons. The lowest BCUT2D eigenvalue weighted by atomic mass is 9.79. The standard InChI is InChI=1S/C21H24ClFN2/c1-2-3-4-5-15-6-8-16(9-7-15)18-13-24-21(25-14-18)17-10-11-20(23)19(22)12-17/h4-5,10-16H,2-3,6-9H2,1H3/t15-,16-. The molecule has 1 saturated carbocycles. The van der Waals surface area contributed by atoms with Gasteiger partial charge in [0, 0.05) is 18.0 Å². The molecule has 1 aliphatic rings. The third-order valence-corrected chi connectivity index (χ3v) is 5.25. The number of hydrogen-bond acceptors (Lipinski definition) is 2. The van der Waals surface area contributed by atoms with Gasteiger partial charge >= 0.3 is 0 Å². The van der Waals surface area contributed by atoms with Crippen LogP contribution < -0.4 is 0 Å². The number of allylic oxidation sites excluding steroid dienone is 2. The molecule has 1 aliphatic carbocycles. The molecular formula is C21H24ClFN2. The molecule has 2 aromatic rings. The van der Waals surface area contributed by atoms with Crippen molar-refractivity contribution in [3.8, 4) is 11.4 Å². The van der Waals surface area contributed by atoms with Crippen molar-refractivity contribution in [2.45, 2.75) is 51.4 Å². The van der Waals surface area contributed by atoms with Crippen molar-refractivity contribution < 1.29 is 4.39 Å². The van der Waals surface area contributed by atoms with Crippen LogP contribution in [0, 0.1) is 11.7 Å². The Balaban J connectivity index is 1.62. The summed E-state index contributed by atoms with van der Waals surface area (Å²) in [5.74, 6) is 1.43. The van der Waals surface area contributed by atoms with Crippen LogP contribution >= 0.6 is 11.6 Å². The molecule has 0 spiro atoms. The number of benzene rings is 1. The molecule has 3 rings (SSSR count). The highest BCUT2D eigenvalue weighted by molar-refractivity contribution is 6.31. The van der Waals surface area contributed by atoms with Crippen LogP contribution in [0.1, 0.15) is 56.9 Å². The Kier molecular flexibility index (Phi) is 6.19. The maximum atomic E-state index is 13.3. The van der Waals surface area contributed by atoms with E-state index in [9.17, 15) is 4.39 Å². The van der Waals surface area contributed by atoms with Crippen LogP contribution in [0.2, 0.25) is 5.02 Å². The Bertz CT molecular complexity index is 719. The lowest BCUT2D eigenvalue weighted by Crippen LogP contribution is -2.12. The van der Waals surface area contributed by atoms with Gasteiger partial charge in [0.2, 0.25) is 0 Å². The third kappa shape index (κ3) is 4.66. The summed E-state index contributed by atoms with van der Waals surface area (Å²) in [4.78, 5) is 8.94. The van der Waals surface area contributed by atoms with Gasteiger partial charge in [-0.15, -0.1) is 0 Å². The number of nitrogens with zero attached hydrogens (tertiary/aromatic N) is 2. The second-order valence-electron chi connectivity index (χ2n) is 6.80. The van der Waals surface area contributed by atoms with E-state index in [0.29, 0.717) is 11.7 Å². The summed E-state index contributed by atoms with van der Waals surface area (Å²) in [5.41, 5.74) is 1.94. The van der Waals surface area contributed by atoms with Gasteiger partial charge in [-0.2, -0.15) is 0 Å². The van der Waals surface area contributed by atoms with Gasteiger partial charge in [0.15, 0.2) is 5.82 Å². The van der Waals surface area contributed by atoms with Gasteiger partial charge in [0.05, 0.1) is 5.02 Å². The highest BCUT2D eigenvalue weighted by Crippen LogP contribution is 2.36. The Morgan fingerprint density at radius 2 is 1.88 bits per heavy atom. The van der Waals surface area contributed by atoms with Crippen molar-refractivity contribution in [2.24, 2.45) is 5.92 Å². The summed E-state index contributed by atoms with van der Waals surface area (Å²) in [6.07, 6.45) is 15.8. The summed E-state index contributed by atoms with van der Waals surface area (Å²) >= 11 is 5.84. The van der Waals surface area contributed by atoms with Crippen molar-refractivity contribution in [3.05, 3.63) is 59.1 Å². The Labute approximate surface area is 154 Å². The van der Waals surface area contributed by atoms with Crippen LogP contribution in [-0.2, 0) is 0 Å². The molecule has 1 heterocycles. The van der Waals surface area contributed by atoms with E-state index >= 15 is 0 Å². The molecule has 0 amide bonds. The summed E-state index contributed by atoms with van der Waals surface area (Å²) in [5, 5.41) is 0.0969. The molecule has 2 nitrogen and oxygen atoms in total. The molecule has 1 fully saturated rings. The van der Waals surface area contributed by atoms with Gasteiger partial charge < -0.3 is 0 Å². The molecule has 1 aromatic heterocycles. The first-order valence-electron chi connectivity index (χ1n) is 9.11. The minimum absolute atomic E-state index is 0.0969. The van der Waals surface area contributed by atoms with E-state index in [2.05, 4.69) is 29.0 Å². The zero-order chi connectivity index (χ0) is 17.6. The van der Waals surface area contributed by atoms with E-state index in [1.165, 1.54) is 50.2 Å². The van der Waals surface area contributed by atoms with Crippen LogP contribution in [0.3, 0.4) is 0 Å². The van der Waals surface area contributed by atoms with E-state index in [1.807, 2.05) is 12.4 Å². The minimum atomic E-state index is -0.424. The minimum Gasteiger partial charge on any atom is -0.236 e. The molecule has 0 radical (unpaired) electrons. The lowest BCUT2D eigenvalue weighted by Gasteiger charge is -2.26. The average molecular weight is 359 g/mol. The molecule has 0 atom stereocenters.